The summed E-state index contributed by atoms with van der Waals surface area (Å²) in [5.74, 6) is 1.38. The van der Waals surface area contributed by atoms with Crippen LogP contribution in [0.1, 0.15) is 22.6 Å². The zero-order valence-electron chi connectivity index (χ0n) is 14.2. The van der Waals surface area contributed by atoms with Gasteiger partial charge in [-0.3, -0.25) is 4.99 Å². The minimum absolute atomic E-state index is 0. The van der Waals surface area contributed by atoms with Gasteiger partial charge in [-0.15, -0.1) is 24.0 Å². The molecule has 0 saturated heterocycles. The molecule has 0 spiro atoms. The number of nitrogens with one attached hydrogen (secondary N) is 2. The van der Waals surface area contributed by atoms with E-state index in [2.05, 4.69) is 20.8 Å². The minimum Gasteiger partial charge on any atom is -0.361 e. The predicted octanol–water partition coefficient (Wildman–Crippen LogP) is 3.00. The molecule has 0 atom stereocenters. The fourth-order valence-electron chi connectivity index (χ4n) is 2.40. The lowest BCUT2D eigenvalue weighted by Gasteiger charge is -2.12. The SMILES string of the molecule is CN=C(NCCc1ccccc1F)NCCc1c(C)noc1C.I. The summed E-state index contributed by atoms with van der Waals surface area (Å²) in [4.78, 5) is 4.17. The van der Waals surface area contributed by atoms with Crippen molar-refractivity contribution < 1.29 is 8.91 Å². The summed E-state index contributed by atoms with van der Waals surface area (Å²) in [7, 11) is 1.72. The van der Waals surface area contributed by atoms with Crippen LogP contribution >= 0.6 is 24.0 Å². The van der Waals surface area contributed by atoms with Crippen LogP contribution in [0.5, 0.6) is 0 Å². The lowest BCUT2D eigenvalue weighted by molar-refractivity contribution is 0.392. The fourth-order valence-corrected chi connectivity index (χ4v) is 2.40. The third-order valence-electron chi connectivity index (χ3n) is 3.72. The average molecular weight is 446 g/mol. The summed E-state index contributed by atoms with van der Waals surface area (Å²) in [5.41, 5.74) is 2.75. The summed E-state index contributed by atoms with van der Waals surface area (Å²) in [6.45, 7) is 5.19. The van der Waals surface area contributed by atoms with E-state index in [1.54, 1.807) is 19.2 Å². The minimum atomic E-state index is -0.171. The highest BCUT2D eigenvalue weighted by molar-refractivity contribution is 14.0. The molecule has 2 rings (SSSR count). The van der Waals surface area contributed by atoms with Crippen LogP contribution in [-0.2, 0) is 12.8 Å². The van der Waals surface area contributed by atoms with Gasteiger partial charge in [-0.05, 0) is 38.3 Å². The van der Waals surface area contributed by atoms with E-state index < -0.39 is 0 Å². The van der Waals surface area contributed by atoms with Crippen molar-refractivity contribution in [3.05, 3.63) is 52.7 Å². The number of hydrogen-bond acceptors (Lipinski definition) is 3. The van der Waals surface area contributed by atoms with Gasteiger partial charge in [0, 0.05) is 25.7 Å². The van der Waals surface area contributed by atoms with Crippen LogP contribution in [0.25, 0.3) is 0 Å². The average Bonchev–Trinajstić information content (AvgIpc) is 2.86. The highest BCUT2D eigenvalue weighted by Gasteiger charge is 2.08. The maximum Gasteiger partial charge on any atom is 0.190 e. The van der Waals surface area contributed by atoms with E-state index in [-0.39, 0.29) is 29.8 Å². The van der Waals surface area contributed by atoms with Crippen molar-refractivity contribution in [3.8, 4) is 0 Å². The van der Waals surface area contributed by atoms with E-state index in [0.717, 1.165) is 30.0 Å². The molecule has 0 aliphatic heterocycles. The molecule has 132 valence electrons. The molecular formula is C17H24FIN4O. The van der Waals surface area contributed by atoms with Crippen molar-refractivity contribution in [3.63, 3.8) is 0 Å². The molecular weight excluding hydrogens is 422 g/mol. The number of nitrogens with zero attached hydrogens (tertiary/aromatic N) is 2. The number of benzene rings is 1. The largest absolute Gasteiger partial charge is 0.361 e. The van der Waals surface area contributed by atoms with Gasteiger partial charge in [0.15, 0.2) is 5.96 Å². The highest BCUT2D eigenvalue weighted by Crippen LogP contribution is 2.12. The molecule has 1 aromatic carbocycles. The summed E-state index contributed by atoms with van der Waals surface area (Å²) in [6, 6.07) is 6.81. The van der Waals surface area contributed by atoms with Crippen molar-refractivity contribution in [1.29, 1.82) is 0 Å². The first kappa shape index (κ1) is 20.4. The second-order valence-electron chi connectivity index (χ2n) is 5.32. The summed E-state index contributed by atoms with van der Waals surface area (Å²) >= 11 is 0. The normalized spacial score (nSPS) is 11.1. The third kappa shape index (κ3) is 5.77. The number of aryl methyl sites for hydroxylation is 2. The lowest BCUT2D eigenvalue weighted by Crippen LogP contribution is -2.39. The van der Waals surface area contributed by atoms with Crippen LogP contribution in [0.4, 0.5) is 4.39 Å². The molecule has 0 aliphatic carbocycles. The van der Waals surface area contributed by atoms with Crippen LogP contribution < -0.4 is 10.6 Å². The Labute approximate surface area is 159 Å². The van der Waals surface area contributed by atoms with E-state index in [4.69, 9.17) is 4.52 Å². The van der Waals surface area contributed by atoms with Crippen molar-refractivity contribution in [2.75, 3.05) is 20.1 Å². The number of rotatable bonds is 6. The second kappa shape index (κ2) is 10.3. The van der Waals surface area contributed by atoms with E-state index in [1.165, 1.54) is 6.07 Å². The smallest absolute Gasteiger partial charge is 0.190 e. The molecule has 2 aromatic rings. The Morgan fingerprint density at radius 3 is 2.42 bits per heavy atom. The van der Waals surface area contributed by atoms with Gasteiger partial charge < -0.3 is 15.2 Å². The highest BCUT2D eigenvalue weighted by atomic mass is 127. The topological polar surface area (TPSA) is 62.5 Å². The molecule has 0 fully saturated rings. The fraction of sp³-hybridized carbons (Fsp3) is 0.412. The molecule has 0 aliphatic rings. The van der Waals surface area contributed by atoms with Crippen molar-refractivity contribution >= 4 is 29.9 Å². The summed E-state index contributed by atoms with van der Waals surface area (Å²) in [6.07, 6.45) is 1.42. The first-order chi connectivity index (χ1) is 11.1. The van der Waals surface area contributed by atoms with E-state index in [9.17, 15) is 4.39 Å². The summed E-state index contributed by atoms with van der Waals surface area (Å²) in [5, 5.41) is 10.4. The number of aliphatic imine (C=N–C) groups is 1. The van der Waals surface area contributed by atoms with Gasteiger partial charge in [-0.2, -0.15) is 0 Å². The van der Waals surface area contributed by atoms with Gasteiger partial charge in [0.1, 0.15) is 11.6 Å². The molecule has 1 aromatic heterocycles. The number of halogens is 2. The van der Waals surface area contributed by atoms with Crippen LogP contribution in [0, 0.1) is 19.7 Å². The van der Waals surface area contributed by atoms with Crippen molar-refractivity contribution in [2.24, 2.45) is 4.99 Å². The first-order valence-corrected chi connectivity index (χ1v) is 7.71. The molecule has 5 nitrogen and oxygen atoms in total. The van der Waals surface area contributed by atoms with Gasteiger partial charge in [-0.1, -0.05) is 23.4 Å². The van der Waals surface area contributed by atoms with E-state index in [1.807, 2.05) is 19.9 Å². The molecule has 1 heterocycles. The summed E-state index contributed by atoms with van der Waals surface area (Å²) < 4.78 is 18.7. The number of hydrogen-bond donors (Lipinski definition) is 2. The van der Waals surface area contributed by atoms with Crippen molar-refractivity contribution in [2.45, 2.75) is 26.7 Å². The number of guanidine groups is 1. The molecule has 2 N–H and O–H groups in total. The Balaban J connectivity index is 0.00000288. The Morgan fingerprint density at radius 1 is 1.17 bits per heavy atom. The molecule has 24 heavy (non-hydrogen) atoms. The molecule has 0 radical (unpaired) electrons. The Bertz CT molecular complexity index is 653. The van der Waals surface area contributed by atoms with Crippen LogP contribution in [0.15, 0.2) is 33.8 Å². The molecule has 0 saturated carbocycles. The van der Waals surface area contributed by atoms with Gasteiger partial charge in [-0.25, -0.2) is 4.39 Å². The van der Waals surface area contributed by atoms with Crippen LogP contribution in [0.3, 0.4) is 0 Å². The third-order valence-corrected chi connectivity index (χ3v) is 3.72. The zero-order chi connectivity index (χ0) is 16.7. The quantitative estimate of drug-likeness (QED) is 0.407. The Hall–Kier alpha value is -1.64. The lowest BCUT2D eigenvalue weighted by atomic mass is 10.1. The van der Waals surface area contributed by atoms with Crippen molar-refractivity contribution in [1.82, 2.24) is 15.8 Å². The van der Waals surface area contributed by atoms with E-state index >= 15 is 0 Å². The predicted molar refractivity (Wildman–Crippen MR) is 105 cm³/mol. The molecule has 0 amide bonds. The Morgan fingerprint density at radius 2 is 1.83 bits per heavy atom. The number of aromatic nitrogens is 1. The van der Waals surface area contributed by atoms with Gasteiger partial charge in [0.25, 0.3) is 0 Å². The maximum absolute atomic E-state index is 13.5. The van der Waals surface area contributed by atoms with Gasteiger partial charge in [0.2, 0.25) is 0 Å². The molecule has 0 bridgehead atoms. The van der Waals surface area contributed by atoms with Crippen LogP contribution in [0.2, 0.25) is 0 Å². The molecule has 0 unspecified atom stereocenters. The maximum atomic E-state index is 13.5. The van der Waals surface area contributed by atoms with E-state index in [0.29, 0.717) is 24.5 Å². The zero-order valence-corrected chi connectivity index (χ0v) is 16.6. The van der Waals surface area contributed by atoms with Gasteiger partial charge >= 0.3 is 0 Å². The Kier molecular flexibility index (Phi) is 8.73. The van der Waals surface area contributed by atoms with Crippen LogP contribution in [-0.4, -0.2) is 31.3 Å². The molecule has 7 heteroatoms. The standard InChI is InChI=1S/C17H23FN4O.HI/c1-12-15(13(2)23-22-12)9-11-21-17(19-3)20-10-8-14-6-4-5-7-16(14)18;/h4-7H,8-11H2,1-3H3,(H2,19,20,21);1H. The monoisotopic (exact) mass is 446 g/mol. The second-order valence-corrected chi connectivity index (χ2v) is 5.32. The van der Waals surface area contributed by atoms with Gasteiger partial charge in [0.05, 0.1) is 5.69 Å². The first-order valence-electron chi connectivity index (χ1n) is 7.71.